The number of carbonyl (C=O) groups excluding carboxylic acids is 1. The molecule has 28 heavy (non-hydrogen) atoms. The van der Waals surface area contributed by atoms with E-state index in [1.54, 1.807) is 22.9 Å². The lowest BCUT2D eigenvalue weighted by Crippen LogP contribution is -2.46. The van der Waals surface area contributed by atoms with E-state index in [4.69, 9.17) is 4.74 Å². The van der Waals surface area contributed by atoms with Crippen LogP contribution in [0.2, 0.25) is 0 Å². The molecule has 0 fully saturated rings. The van der Waals surface area contributed by atoms with E-state index < -0.39 is 12.0 Å². The van der Waals surface area contributed by atoms with Gasteiger partial charge in [0.15, 0.2) is 11.5 Å². The minimum atomic E-state index is -0.469. The van der Waals surface area contributed by atoms with Crippen LogP contribution in [0, 0.1) is 5.92 Å². The van der Waals surface area contributed by atoms with Crippen molar-refractivity contribution in [2.24, 2.45) is 5.92 Å². The van der Waals surface area contributed by atoms with E-state index in [9.17, 15) is 9.90 Å². The Morgan fingerprint density at radius 1 is 1.25 bits per heavy atom. The molecule has 1 amide bonds. The average molecular weight is 379 g/mol. The Bertz CT molecular complexity index is 989. The predicted octanol–water partition coefficient (Wildman–Crippen LogP) is 2.65. The van der Waals surface area contributed by atoms with E-state index in [0.717, 1.165) is 11.3 Å². The number of ether oxygens (including phenoxy) is 1. The highest BCUT2D eigenvalue weighted by Crippen LogP contribution is 2.39. The number of aromatic hydroxyl groups is 1. The number of phenolic OH excluding ortho intramolecular Hbond substituents is 1. The summed E-state index contributed by atoms with van der Waals surface area (Å²) in [4.78, 5) is 17.5. The van der Waals surface area contributed by atoms with Crippen molar-refractivity contribution >= 4 is 17.5 Å². The van der Waals surface area contributed by atoms with Gasteiger partial charge in [0.1, 0.15) is 6.33 Å². The Labute approximate surface area is 162 Å². The zero-order valence-corrected chi connectivity index (χ0v) is 15.5. The lowest BCUT2D eigenvalue weighted by molar-refractivity contribution is -0.121. The second kappa shape index (κ2) is 7.22. The summed E-state index contributed by atoms with van der Waals surface area (Å²) in [5.41, 5.74) is 1.52. The number of fused-ring (bicyclic) bond motifs is 1. The highest BCUT2D eigenvalue weighted by atomic mass is 16.5. The number of phenols is 1. The number of rotatable bonds is 4. The van der Waals surface area contributed by atoms with Crippen LogP contribution in [0.4, 0.5) is 11.6 Å². The van der Waals surface area contributed by atoms with E-state index in [1.807, 2.05) is 37.3 Å². The molecular weight excluding hydrogens is 358 g/mol. The Balaban J connectivity index is 1.76. The smallest absolute Gasteiger partial charge is 0.232 e. The fraction of sp³-hybridized carbons (Fsp3) is 0.250. The molecule has 3 aromatic rings. The van der Waals surface area contributed by atoms with Crippen LogP contribution < -0.4 is 15.4 Å². The van der Waals surface area contributed by atoms with E-state index in [-0.39, 0.29) is 17.7 Å². The molecule has 0 spiro atoms. The second-order valence-electron chi connectivity index (χ2n) is 6.72. The van der Waals surface area contributed by atoms with Crippen LogP contribution in [0.15, 0.2) is 54.9 Å². The minimum Gasteiger partial charge on any atom is -0.504 e. The lowest BCUT2D eigenvalue weighted by Gasteiger charge is -2.37. The van der Waals surface area contributed by atoms with Gasteiger partial charge in [0.2, 0.25) is 11.9 Å². The maximum absolute atomic E-state index is 13.2. The summed E-state index contributed by atoms with van der Waals surface area (Å²) in [6.07, 6.45) is 1.46. The molecule has 144 valence electrons. The molecule has 1 aromatic heterocycles. The zero-order valence-electron chi connectivity index (χ0n) is 15.5. The van der Waals surface area contributed by atoms with Gasteiger partial charge < -0.3 is 20.5 Å². The van der Waals surface area contributed by atoms with Gasteiger partial charge in [-0.05, 0) is 36.8 Å². The first-order valence-corrected chi connectivity index (χ1v) is 8.97. The number of carbonyl (C=O) groups is 1. The standard InChI is InChI=1S/C20H21N5O3/c1-12-17(19(27)24-14-6-4-3-5-7-14)18(25-20(23-12)21-11-22-25)13-8-9-15(26)16(10-13)28-2/h3-12,17-18,26H,1-2H3,(H,24,27)(H,21,22,23)/t12-,17-,18-/m1/s1. The Kier molecular flexibility index (Phi) is 4.60. The Morgan fingerprint density at radius 3 is 2.79 bits per heavy atom. The van der Waals surface area contributed by atoms with Crippen molar-refractivity contribution in [3.8, 4) is 11.5 Å². The monoisotopic (exact) mass is 379 g/mol. The van der Waals surface area contributed by atoms with Gasteiger partial charge in [-0.3, -0.25) is 4.79 Å². The fourth-order valence-corrected chi connectivity index (χ4v) is 3.62. The number of amides is 1. The van der Waals surface area contributed by atoms with Gasteiger partial charge in [-0.25, -0.2) is 4.68 Å². The van der Waals surface area contributed by atoms with E-state index in [0.29, 0.717) is 11.7 Å². The molecule has 0 radical (unpaired) electrons. The quantitative estimate of drug-likeness (QED) is 0.644. The summed E-state index contributed by atoms with van der Waals surface area (Å²) in [6, 6.07) is 13.8. The highest BCUT2D eigenvalue weighted by molar-refractivity contribution is 5.94. The SMILES string of the molecule is COc1cc([C@@H]2[C@H](C(=O)Nc3ccccc3)[C@@H](C)Nc3ncnn32)ccc1O. The van der Waals surface area contributed by atoms with Crippen LogP contribution in [-0.2, 0) is 4.79 Å². The van der Waals surface area contributed by atoms with Crippen LogP contribution in [0.3, 0.4) is 0 Å². The van der Waals surface area contributed by atoms with Crippen molar-refractivity contribution in [3.05, 3.63) is 60.4 Å². The molecule has 8 heteroatoms. The second-order valence-corrected chi connectivity index (χ2v) is 6.72. The minimum absolute atomic E-state index is 0.0392. The normalized spacial score (nSPS) is 20.7. The summed E-state index contributed by atoms with van der Waals surface area (Å²) in [5.74, 6) is 0.367. The van der Waals surface area contributed by atoms with Crippen molar-refractivity contribution in [1.82, 2.24) is 14.8 Å². The number of methoxy groups -OCH3 is 1. The van der Waals surface area contributed by atoms with Gasteiger partial charge >= 0.3 is 0 Å². The molecule has 1 aliphatic rings. The van der Waals surface area contributed by atoms with Crippen molar-refractivity contribution in [2.45, 2.75) is 19.0 Å². The van der Waals surface area contributed by atoms with Crippen LogP contribution in [0.5, 0.6) is 11.5 Å². The largest absolute Gasteiger partial charge is 0.504 e. The van der Waals surface area contributed by atoms with Gasteiger partial charge in [0.25, 0.3) is 0 Å². The molecule has 0 saturated carbocycles. The molecule has 1 aliphatic heterocycles. The first-order chi connectivity index (χ1) is 13.6. The summed E-state index contributed by atoms with van der Waals surface area (Å²) >= 11 is 0. The molecule has 0 unspecified atom stereocenters. The number of aromatic nitrogens is 3. The number of anilines is 2. The van der Waals surface area contributed by atoms with Gasteiger partial charge in [-0.15, -0.1) is 0 Å². The van der Waals surface area contributed by atoms with E-state index in [1.165, 1.54) is 13.4 Å². The predicted molar refractivity (Wildman–Crippen MR) is 104 cm³/mol. The van der Waals surface area contributed by atoms with Crippen molar-refractivity contribution < 1.29 is 14.6 Å². The fourth-order valence-electron chi connectivity index (χ4n) is 3.62. The van der Waals surface area contributed by atoms with Gasteiger partial charge in [-0.1, -0.05) is 24.3 Å². The molecule has 2 aromatic carbocycles. The van der Waals surface area contributed by atoms with E-state index in [2.05, 4.69) is 20.7 Å². The van der Waals surface area contributed by atoms with Crippen molar-refractivity contribution in [2.75, 3.05) is 17.7 Å². The third kappa shape index (κ3) is 3.13. The van der Waals surface area contributed by atoms with Crippen LogP contribution >= 0.6 is 0 Å². The molecule has 0 bridgehead atoms. The number of hydrogen-bond acceptors (Lipinski definition) is 6. The van der Waals surface area contributed by atoms with Gasteiger partial charge in [0, 0.05) is 11.7 Å². The maximum atomic E-state index is 13.2. The van der Waals surface area contributed by atoms with Crippen molar-refractivity contribution in [1.29, 1.82) is 0 Å². The Morgan fingerprint density at radius 2 is 2.04 bits per heavy atom. The molecule has 4 rings (SSSR count). The highest BCUT2D eigenvalue weighted by Gasteiger charge is 2.41. The maximum Gasteiger partial charge on any atom is 0.232 e. The first kappa shape index (κ1) is 17.8. The number of nitrogens with one attached hydrogen (secondary N) is 2. The van der Waals surface area contributed by atoms with Crippen LogP contribution in [0.25, 0.3) is 0 Å². The third-order valence-corrected chi connectivity index (χ3v) is 4.96. The third-order valence-electron chi connectivity index (χ3n) is 4.96. The van der Waals surface area contributed by atoms with Crippen LogP contribution in [-0.4, -0.2) is 38.9 Å². The lowest BCUT2D eigenvalue weighted by atomic mass is 9.85. The number of para-hydroxylation sites is 1. The number of hydrogen-bond donors (Lipinski definition) is 3. The average Bonchev–Trinajstić information content (AvgIpc) is 3.16. The topological polar surface area (TPSA) is 101 Å². The number of benzene rings is 2. The molecular formula is C20H21N5O3. The van der Waals surface area contributed by atoms with Crippen LogP contribution in [0.1, 0.15) is 18.5 Å². The summed E-state index contributed by atoms with van der Waals surface area (Å²) < 4.78 is 6.95. The summed E-state index contributed by atoms with van der Waals surface area (Å²) in [5, 5.41) is 20.5. The molecule has 8 nitrogen and oxygen atoms in total. The summed E-state index contributed by atoms with van der Waals surface area (Å²) in [6.45, 7) is 1.94. The molecule has 3 N–H and O–H groups in total. The molecule has 3 atom stereocenters. The van der Waals surface area contributed by atoms with Gasteiger partial charge in [0.05, 0.1) is 19.1 Å². The van der Waals surface area contributed by atoms with Crippen molar-refractivity contribution in [3.63, 3.8) is 0 Å². The molecule has 0 saturated heterocycles. The van der Waals surface area contributed by atoms with E-state index >= 15 is 0 Å². The molecule has 0 aliphatic carbocycles. The summed E-state index contributed by atoms with van der Waals surface area (Å²) in [7, 11) is 1.49. The Hall–Kier alpha value is -3.55. The first-order valence-electron chi connectivity index (χ1n) is 8.97. The van der Waals surface area contributed by atoms with Gasteiger partial charge in [-0.2, -0.15) is 10.1 Å². The zero-order chi connectivity index (χ0) is 19.7. The number of nitrogens with zero attached hydrogens (tertiary/aromatic N) is 3. The molecule has 2 heterocycles.